The van der Waals surface area contributed by atoms with Crippen molar-refractivity contribution in [2.45, 2.75) is 17.1 Å². The topological polar surface area (TPSA) is 26.0 Å². The van der Waals surface area contributed by atoms with Crippen molar-refractivity contribution < 1.29 is 0 Å². The Hall–Kier alpha value is -0.540. The third-order valence-electron chi connectivity index (χ3n) is 1.46. The van der Waals surface area contributed by atoms with Gasteiger partial charge in [0.1, 0.15) is 0 Å². The van der Waals surface area contributed by atoms with Crippen LogP contribution in [0.3, 0.4) is 0 Å². The number of hydrogen-bond acceptors (Lipinski definition) is 2. The van der Waals surface area contributed by atoms with E-state index in [0.29, 0.717) is 4.99 Å². The van der Waals surface area contributed by atoms with E-state index in [0.717, 1.165) is 0 Å². The van der Waals surface area contributed by atoms with E-state index in [1.807, 2.05) is 25.1 Å². The van der Waals surface area contributed by atoms with Gasteiger partial charge in [0.2, 0.25) is 0 Å². The van der Waals surface area contributed by atoms with Crippen LogP contribution < -0.4 is 5.73 Å². The Morgan fingerprint density at radius 2 is 2.00 bits per heavy atom. The molecule has 1 aromatic carbocycles. The zero-order valence-corrected chi connectivity index (χ0v) is 8.49. The summed E-state index contributed by atoms with van der Waals surface area (Å²) in [5, 5.41) is 0.211. The minimum Gasteiger partial charge on any atom is -0.392 e. The van der Waals surface area contributed by atoms with Gasteiger partial charge in [0.15, 0.2) is 0 Å². The predicted octanol–water partition coefficient (Wildman–Crippen LogP) is 2.45. The Labute approximate surface area is 82.3 Å². The molecule has 1 aromatic rings. The fourth-order valence-corrected chi connectivity index (χ4v) is 1.74. The van der Waals surface area contributed by atoms with Crippen LogP contribution in [0.2, 0.25) is 0 Å². The molecule has 0 amide bonds. The van der Waals surface area contributed by atoms with Gasteiger partial charge in [0.05, 0.1) is 10.2 Å². The molecule has 1 nitrogen and oxygen atoms in total. The minimum absolute atomic E-state index is 0.211. The molecular weight excluding hydrogens is 186 g/mol. The molecule has 0 saturated heterocycles. The summed E-state index contributed by atoms with van der Waals surface area (Å²) in [6.07, 6.45) is 0. The maximum atomic E-state index is 5.49. The third-order valence-corrected chi connectivity index (χ3v) is 3.11. The summed E-state index contributed by atoms with van der Waals surface area (Å²) in [5.74, 6) is 0. The predicted molar refractivity (Wildman–Crippen MR) is 58.5 cm³/mol. The van der Waals surface area contributed by atoms with Crippen LogP contribution in [0.15, 0.2) is 35.2 Å². The van der Waals surface area contributed by atoms with E-state index in [9.17, 15) is 0 Å². The molecule has 1 atom stereocenters. The second-order valence-corrected chi connectivity index (χ2v) is 4.36. The molecule has 0 aliphatic rings. The van der Waals surface area contributed by atoms with E-state index < -0.39 is 0 Å². The summed E-state index contributed by atoms with van der Waals surface area (Å²) in [4.78, 5) is 1.77. The highest BCUT2D eigenvalue weighted by molar-refractivity contribution is 8.01. The van der Waals surface area contributed by atoms with Crippen LogP contribution in [0.25, 0.3) is 0 Å². The zero-order chi connectivity index (χ0) is 8.97. The molecule has 3 heteroatoms. The highest BCUT2D eigenvalue weighted by Crippen LogP contribution is 2.22. The van der Waals surface area contributed by atoms with Crippen molar-refractivity contribution in [1.29, 1.82) is 0 Å². The van der Waals surface area contributed by atoms with Gasteiger partial charge in [-0.25, -0.2) is 0 Å². The molecule has 0 aliphatic heterocycles. The Morgan fingerprint density at radius 1 is 1.42 bits per heavy atom. The number of benzene rings is 1. The fraction of sp³-hybridized carbons (Fsp3) is 0.222. The lowest BCUT2D eigenvalue weighted by Gasteiger charge is -2.07. The first-order valence-corrected chi connectivity index (χ1v) is 5.00. The van der Waals surface area contributed by atoms with Gasteiger partial charge in [0, 0.05) is 4.90 Å². The first-order chi connectivity index (χ1) is 5.70. The quantitative estimate of drug-likeness (QED) is 0.595. The minimum atomic E-state index is 0.211. The lowest BCUT2D eigenvalue weighted by molar-refractivity contribution is 1.29. The number of hydrogen-bond donors (Lipinski definition) is 1. The van der Waals surface area contributed by atoms with E-state index in [1.165, 1.54) is 4.90 Å². The number of thioether (sulfide) groups is 1. The Morgan fingerprint density at radius 3 is 2.50 bits per heavy atom. The molecule has 1 unspecified atom stereocenters. The fourth-order valence-electron chi connectivity index (χ4n) is 0.761. The van der Waals surface area contributed by atoms with Gasteiger partial charge in [-0.2, -0.15) is 0 Å². The van der Waals surface area contributed by atoms with Gasteiger partial charge in [-0.1, -0.05) is 30.4 Å². The highest BCUT2D eigenvalue weighted by atomic mass is 32.2. The molecule has 0 bridgehead atoms. The molecular formula is C9H11NS2. The number of nitrogens with two attached hydrogens (primary N) is 1. The summed E-state index contributed by atoms with van der Waals surface area (Å²) in [6.45, 7) is 2.01. The average molecular weight is 197 g/mol. The maximum absolute atomic E-state index is 5.49. The van der Waals surface area contributed by atoms with Crippen molar-refractivity contribution in [2.75, 3.05) is 0 Å². The molecule has 0 spiro atoms. The van der Waals surface area contributed by atoms with Crippen molar-refractivity contribution in [3.05, 3.63) is 30.3 Å². The van der Waals surface area contributed by atoms with E-state index in [2.05, 4.69) is 12.1 Å². The van der Waals surface area contributed by atoms with Crippen LogP contribution in [0.4, 0.5) is 0 Å². The molecule has 0 aromatic heterocycles. The van der Waals surface area contributed by atoms with Crippen LogP contribution in [0, 0.1) is 0 Å². The zero-order valence-electron chi connectivity index (χ0n) is 6.86. The molecule has 2 N–H and O–H groups in total. The smallest absolute Gasteiger partial charge is 0.0860 e. The lowest BCUT2D eigenvalue weighted by atomic mass is 10.4. The lowest BCUT2D eigenvalue weighted by Crippen LogP contribution is -2.19. The number of rotatable bonds is 3. The van der Waals surface area contributed by atoms with Gasteiger partial charge in [-0.05, 0) is 19.1 Å². The van der Waals surface area contributed by atoms with E-state index in [4.69, 9.17) is 18.0 Å². The summed E-state index contributed by atoms with van der Waals surface area (Å²) in [7, 11) is 0. The number of thiocarbonyl (C=S) groups is 1. The molecule has 1 rings (SSSR count). The second-order valence-electron chi connectivity index (χ2n) is 2.48. The maximum Gasteiger partial charge on any atom is 0.0860 e. The molecule has 12 heavy (non-hydrogen) atoms. The van der Waals surface area contributed by atoms with Crippen LogP contribution >= 0.6 is 24.0 Å². The standard InChI is InChI=1S/C9H11NS2/c1-7(9(10)11)12-8-5-3-2-4-6-8/h2-7H,1H3,(H2,10,11). The largest absolute Gasteiger partial charge is 0.392 e. The monoisotopic (exact) mass is 197 g/mol. The first-order valence-electron chi connectivity index (χ1n) is 3.71. The Balaban J connectivity index is 2.58. The van der Waals surface area contributed by atoms with Crippen LogP contribution in [0.1, 0.15) is 6.92 Å². The second kappa shape index (κ2) is 4.48. The molecule has 0 saturated carbocycles. The summed E-state index contributed by atoms with van der Waals surface area (Å²) in [6, 6.07) is 10.1. The normalized spacial score (nSPS) is 12.4. The highest BCUT2D eigenvalue weighted by Gasteiger charge is 2.05. The van der Waals surface area contributed by atoms with Crippen LogP contribution in [-0.4, -0.2) is 10.2 Å². The van der Waals surface area contributed by atoms with Crippen molar-refractivity contribution in [3.63, 3.8) is 0 Å². The molecule has 0 aliphatic carbocycles. The van der Waals surface area contributed by atoms with Crippen LogP contribution in [0.5, 0.6) is 0 Å². The Kier molecular flexibility index (Phi) is 3.56. The summed E-state index contributed by atoms with van der Waals surface area (Å²) >= 11 is 6.56. The van der Waals surface area contributed by atoms with Gasteiger partial charge >= 0.3 is 0 Å². The van der Waals surface area contributed by atoms with Crippen molar-refractivity contribution in [1.82, 2.24) is 0 Å². The van der Waals surface area contributed by atoms with Crippen molar-refractivity contribution >= 4 is 29.0 Å². The van der Waals surface area contributed by atoms with Gasteiger partial charge in [0.25, 0.3) is 0 Å². The summed E-state index contributed by atoms with van der Waals surface area (Å²) in [5.41, 5.74) is 5.49. The van der Waals surface area contributed by atoms with E-state index in [-0.39, 0.29) is 5.25 Å². The Bertz CT molecular complexity index is 258. The van der Waals surface area contributed by atoms with Gasteiger partial charge in [-0.3, -0.25) is 0 Å². The molecule has 0 heterocycles. The first kappa shape index (κ1) is 9.55. The molecule has 0 radical (unpaired) electrons. The summed E-state index contributed by atoms with van der Waals surface area (Å²) < 4.78 is 0. The third kappa shape index (κ3) is 2.83. The van der Waals surface area contributed by atoms with Crippen molar-refractivity contribution in [2.24, 2.45) is 5.73 Å². The van der Waals surface area contributed by atoms with Gasteiger partial charge in [-0.15, -0.1) is 11.8 Å². The van der Waals surface area contributed by atoms with Crippen LogP contribution in [-0.2, 0) is 0 Å². The van der Waals surface area contributed by atoms with E-state index in [1.54, 1.807) is 11.8 Å². The SMILES string of the molecule is CC(Sc1ccccc1)C(N)=S. The van der Waals surface area contributed by atoms with Gasteiger partial charge < -0.3 is 5.73 Å². The molecule has 0 fully saturated rings. The van der Waals surface area contributed by atoms with E-state index >= 15 is 0 Å². The average Bonchev–Trinajstić information content (AvgIpc) is 2.06. The molecule has 64 valence electrons. The van der Waals surface area contributed by atoms with Crippen molar-refractivity contribution in [3.8, 4) is 0 Å².